The molecule has 5 heteroatoms. The van der Waals surface area contributed by atoms with Crippen LogP contribution in [0.25, 0.3) is 0 Å². The van der Waals surface area contributed by atoms with Crippen LogP contribution in [0, 0.1) is 17.8 Å². The van der Waals surface area contributed by atoms with Crippen molar-refractivity contribution < 1.29 is 9.59 Å². The highest BCUT2D eigenvalue weighted by Gasteiger charge is 2.53. The van der Waals surface area contributed by atoms with Gasteiger partial charge in [-0.15, -0.1) is 0 Å². The predicted octanol–water partition coefficient (Wildman–Crippen LogP) is 2.85. The van der Waals surface area contributed by atoms with Gasteiger partial charge in [0.25, 0.3) is 0 Å². The number of imide groups is 1. The van der Waals surface area contributed by atoms with E-state index in [-0.39, 0.29) is 23.7 Å². The van der Waals surface area contributed by atoms with Gasteiger partial charge in [0.05, 0.1) is 23.2 Å². The molecule has 1 aromatic rings. The Morgan fingerprint density at radius 3 is 2.40 bits per heavy atom. The lowest BCUT2D eigenvalue weighted by Crippen LogP contribution is -2.32. The van der Waals surface area contributed by atoms with Gasteiger partial charge in [-0.3, -0.25) is 9.59 Å². The van der Waals surface area contributed by atoms with E-state index in [1.54, 1.807) is 18.2 Å². The molecule has 4 nitrogen and oxygen atoms in total. The molecule has 0 bridgehead atoms. The second-order valence-electron chi connectivity index (χ2n) is 5.67. The van der Waals surface area contributed by atoms with Crippen LogP contribution in [0.1, 0.15) is 26.2 Å². The maximum absolute atomic E-state index is 12.5. The number of rotatable bonds is 2. The van der Waals surface area contributed by atoms with Gasteiger partial charge in [-0.25, -0.2) is 4.90 Å². The number of hydrogen-bond acceptors (Lipinski definition) is 3. The Balaban J connectivity index is 1.96. The average molecular weight is 293 g/mol. The van der Waals surface area contributed by atoms with E-state index in [9.17, 15) is 9.59 Å². The molecule has 106 valence electrons. The number of carbonyl (C=O) groups is 2. The standard InChI is InChI=1S/C15H17ClN2O2/c1-2-8-5-10-11(6-8)15(20)18(14(10)19)13-7-9(16)3-4-12(13)17/h3-4,7-8,10-11H,2,5-6,17H2,1H3. The van der Waals surface area contributed by atoms with Gasteiger partial charge in [-0.05, 0) is 37.0 Å². The van der Waals surface area contributed by atoms with Gasteiger partial charge in [0.15, 0.2) is 0 Å². The van der Waals surface area contributed by atoms with E-state index in [4.69, 9.17) is 17.3 Å². The lowest BCUT2D eigenvalue weighted by atomic mass is 10.00. The van der Waals surface area contributed by atoms with Crippen LogP contribution in [-0.4, -0.2) is 11.8 Å². The lowest BCUT2D eigenvalue weighted by molar-refractivity contribution is -0.123. The van der Waals surface area contributed by atoms with Gasteiger partial charge in [0.1, 0.15) is 0 Å². The zero-order valence-electron chi connectivity index (χ0n) is 11.3. The summed E-state index contributed by atoms with van der Waals surface area (Å²) in [6.07, 6.45) is 2.64. The van der Waals surface area contributed by atoms with Crippen molar-refractivity contribution in [3.8, 4) is 0 Å². The third kappa shape index (κ3) is 1.90. The molecule has 2 fully saturated rings. The minimum Gasteiger partial charge on any atom is -0.397 e. The van der Waals surface area contributed by atoms with Crippen LogP contribution in [-0.2, 0) is 9.59 Å². The first-order chi connectivity index (χ1) is 9.52. The summed E-state index contributed by atoms with van der Waals surface area (Å²) >= 11 is 5.95. The Bertz CT molecular complexity index is 563. The minimum absolute atomic E-state index is 0.120. The van der Waals surface area contributed by atoms with Crippen molar-refractivity contribution in [3.63, 3.8) is 0 Å². The van der Waals surface area contributed by atoms with E-state index in [2.05, 4.69) is 6.92 Å². The van der Waals surface area contributed by atoms with Crippen molar-refractivity contribution in [2.24, 2.45) is 17.8 Å². The molecule has 20 heavy (non-hydrogen) atoms. The van der Waals surface area contributed by atoms with Gasteiger partial charge in [-0.2, -0.15) is 0 Å². The van der Waals surface area contributed by atoms with Crippen molar-refractivity contribution >= 4 is 34.8 Å². The fourth-order valence-corrected chi connectivity index (χ4v) is 3.58. The summed E-state index contributed by atoms with van der Waals surface area (Å²) in [4.78, 5) is 26.3. The number of carbonyl (C=O) groups excluding carboxylic acids is 2. The van der Waals surface area contributed by atoms with Crippen LogP contribution in [0.2, 0.25) is 5.02 Å². The molecule has 1 saturated heterocycles. The Morgan fingerprint density at radius 1 is 1.25 bits per heavy atom. The number of amides is 2. The SMILES string of the molecule is CCC1CC2C(=O)N(c3cc(Cl)ccc3N)C(=O)C2C1. The molecule has 2 aliphatic rings. The molecule has 1 aromatic carbocycles. The molecule has 1 aliphatic heterocycles. The van der Waals surface area contributed by atoms with Crippen molar-refractivity contribution in [2.75, 3.05) is 10.6 Å². The van der Waals surface area contributed by atoms with E-state index in [1.807, 2.05) is 0 Å². The van der Waals surface area contributed by atoms with Gasteiger partial charge in [0, 0.05) is 5.02 Å². The van der Waals surface area contributed by atoms with Crippen LogP contribution >= 0.6 is 11.6 Å². The first kappa shape index (κ1) is 13.4. The van der Waals surface area contributed by atoms with E-state index in [0.717, 1.165) is 19.3 Å². The highest BCUT2D eigenvalue weighted by molar-refractivity contribution is 6.32. The first-order valence-electron chi connectivity index (χ1n) is 6.95. The molecule has 2 atom stereocenters. The number of anilines is 2. The largest absolute Gasteiger partial charge is 0.397 e. The predicted molar refractivity (Wildman–Crippen MR) is 78.4 cm³/mol. The van der Waals surface area contributed by atoms with E-state index in [0.29, 0.717) is 22.3 Å². The normalized spacial score (nSPS) is 29.1. The van der Waals surface area contributed by atoms with Crippen LogP contribution in [0.3, 0.4) is 0 Å². The summed E-state index contributed by atoms with van der Waals surface area (Å²) < 4.78 is 0. The number of halogens is 1. The molecule has 3 rings (SSSR count). The van der Waals surface area contributed by atoms with Crippen molar-refractivity contribution in [2.45, 2.75) is 26.2 Å². The maximum Gasteiger partial charge on any atom is 0.237 e. The van der Waals surface area contributed by atoms with E-state index < -0.39 is 0 Å². The molecule has 1 aliphatic carbocycles. The smallest absolute Gasteiger partial charge is 0.237 e. The summed E-state index contributed by atoms with van der Waals surface area (Å²) in [6.45, 7) is 2.10. The molecule has 2 N–H and O–H groups in total. The molecular formula is C15H17ClN2O2. The molecule has 0 radical (unpaired) electrons. The number of benzene rings is 1. The van der Waals surface area contributed by atoms with Crippen LogP contribution in [0.5, 0.6) is 0 Å². The molecule has 0 aromatic heterocycles. The number of hydrogen-bond donors (Lipinski definition) is 1. The first-order valence-corrected chi connectivity index (χ1v) is 7.33. The van der Waals surface area contributed by atoms with Crippen LogP contribution in [0.15, 0.2) is 18.2 Å². The quantitative estimate of drug-likeness (QED) is 0.673. The average Bonchev–Trinajstić information content (AvgIpc) is 2.94. The second kappa shape index (κ2) is 4.77. The molecule has 1 heterocycles. The van der Waals surface area contributed by atoms with Gasteiger partial charge in [0.2, 0.25) is 11.8 Å². The topological polar surface area (TPSA) is 63.4 Å². The number of nitrogen functional groups attached to an aromatic ring is 1. The lowest BCUT2D eigenvalue weighted by Gasteiger charge is -2.19. The summed E-state index contributed by atoms with van der Waals surface area (Å²) in [7, 11) is 0. The van der Waals surface area contributed by atoms with Gasteiger partial charge < -0.3 is 5.73 Å². The maximum atomic E-state index is 12.5. The monoisotopic (exact) mass is 292 g/mol. The van der Waals surface area contributed by atoms with Crippen molar-refractivity contribution in [1.29, 1.82) is 0 Å². The zero-order chi connectivity index (χ0) is 14.4. The van der Waals surface area contributed by atoms with Crippen LogP contribution < -0.4 is 10.6 Å². The Hall–Kier alpha value is -1.55. The third-order valence-corrected chi connectivity index (χ3v) is 4.78. The highest BCUT2D eigenvalue weighted by Crippen LogP contribution is 2.46. The summed E-state index contributed by atoms with van der Waals surface area (Å²) in [6, 6.07) is 4.87. The highest BCUT2D eigenvalue weighted by atomic mass is 35.5. The van der Waals surface area contributed by atoms with Crippen molar-refractivity contribution in [3.05, 3.63) is 23.2 Å². The van der Waals surface area contributed by atoms with E-state index in [1.165, 1.54) is 4.90 Å². The molecule has 1 saturated carbocycles. The minimum atomic E-state index is -0.175. The molecule has 0 spiro atoms. The van der Waals surface area contributed by atoms with Gasteiger partial charge in [-0.1, -0.05) is 24.9 Å². The summed E-state index contributed by atoms with van der Waals surface area (Å²) in [5.41, 5.74) is 6.72. The van der Waals surface area contributed by atoms with E-state index >= 15 is 0 Å². The second-order valence-corrected chi connectivity index (χ2v) is 6.11. The summed E-state index contributed by atoms with van der Waals surface area (Å²) in [5.74, 6) is -0.108. The fourth-order valence-electron chi connectivity index (χ4n) is 3.41. The zero-order valence-corrected chi connectivity index (χ0v) is 12.1. The number of nitrogens with two attached hydrogens (primary N) is 1. The Morgan fingerprint density at radius 2 is 1.85 bits per heavy atom. The fraction of sp³-hybridized carbons (Fsp3) is 0.467. The summed E-state index contributed by atoms with van der Waals surface area (Å²) in [5, 5.41) is 0.471. The van der Waals surface area contributed by atoms with Crippen molar-refractivity contribution in [1.82, 2.24) is 0 Å². The number of fused-ring (bicyclic) bond motifs is 1. The Kier molecular flexibility index (Phi) is 3.21. The van der Waals surface area contributed by atoms with Gasteiger partial charge >= 0.3 is 0 Å². The third-order valence-electron chi connectivity index (χ3n) is 4.55. The van der Waals surface area contributed by atoms with Crippen LogP contribution in [0.4, 0.5) is 11.4 Å². The molecule has 2 amide bonds. The molecule has 2 unspecified atom stereocenters. The Labute approximate surface area is 122 Å². The molecular weight excluding hydrogens is 276 g/mol. The number of nitrogens with zero attached hydrogens (tertiary/aromatic N) is 1.